The van der Waals surface area contributed by atoms with Crippen molar-refractivity contribution in [3.8, 4) is 0 Å². The van der Waals surface area contributed by atoms with Crippen molar-refractivity contribution < 1.29 is 0 Å². The predicted octanol–water partition coefficient (Wildman–Crippen LogP) is 2.38. The van der Waals surface area contributed by atoms with Crippen LogP contribution in [0.3, 0.4) is 0 Å². The minimum absolute atomic E-state index is 0.0769. The van der Waals surface area contributed by atoms with Gasteiger partial charge in [0.15, 0.2) is 0 Å². The van der Waals surface area contributed by atoms with E-state index in [-0.39, 0.29) is 17.6 Å². The summed E-state index contributed by atoms with van der Waals surface area (Å²) in [6.45, 7) is 0.696. The lowest BCUT2D eigenvalue weighted by Gasteiger charge is -2.24. The Bertz CT molecular complexity index is 555. The van der Waals surface area contributed by atoms with E-state index in [1.807, 2.05) is 0 Å². The van der Waals surface area contributed by atoms with E-state index in [4.69, 9.17) is 17.3 Å². The molecule has 5 nitrogen and oxygen atoms in total. The van der Waals surface area contributed by atoms with Crippen molar-refractivity contribution in [1.29, 1.82) is 0 Å². The molecule has 0 spiro atoms. The Morgan fingerprint density at radius 1 is 1.29 bits per heavy atom. The smallest absolute Gasteiger partial charge is 0.291 e. The molecule has 3 N–H and O–H groups in total. The average Bonchev–Trinajstić information content (AvgIpc) is 3.28. The number of nitrogens with zero attached hydrogens (tertiary/aromatic N) is 2. The van der Waals surface area contributed by atoms with E-state index in [2.05, 4.69) is 10.4 Å². The number of hydrogen-bond donors (Lipinski definition) is 2. The van der Waals surface area contributed by atoms with E-state index >= 15 is 0 Å². The zero-order chi connectivity index (χ0) is 14.8. The third kappa shape index (κ3) is 3.58. The Kier molecular flexibility index (Phi) is 4.50. The van der Waals surface area contributed by atoms with Gasteiger partial charge >= 0.3 is 0 Å². The summed E-state index contributed by atoms with van der Waals surface area (Å²) in [4.78, 5) is 12.5. The molecule has 0 saturated heterocycles. The summed E-state index contributed by atoms with van der Waals surface area (Å²) in [6.07, 6.45) is 9.44. The van der Waals surface area contributed by atoms with E-state index in [1.165, 1.54) is 23.9 Å². The maximum absolute atomic E-state index is 12.5. The summed E-state index contributed by atoms with van der Waals surface area (Å²) in [6, 6.07) is 0.197. The number of rotatable bonds is 4. The fraction of sp³-hybridized carbons (Fsp3) is 0.733. The SMILES string of the molecule is NC1CCCCCC1Nc1c(Cl)cnn(CC2CC2)c1=O. The van der Waals surface area contributed by atoms with Gasteiger partial charge in [-0.05, 0) is 31.6 Å². The lowest BCUT2D eigenvalue weighted by atomic mass is 10.0. The second-order valence-corrected chi connectivity index (χ2v) is 6.76. The normalized spacial score (nSPS) is 26.4. The van der Waals surface area contributed by atoms with Crippen LogP contribution in [0.15, 0.2) is 11.0 Å². The van der Waals surface area contributed by atoms with Crippen LogP contribution in [0.2, 0.25) is 5.02 Å². The van der Waals surface area contributed by atoms with Gasteiger partial charge in [-0.2, -0.15) is 5.10 Å². The number of hydrogen-bond acceptors (Lipinski definition) is 4. The van der Waals surface area contributed by atoms with Gasteiger partial charge in [-0.3, -0.25) is 4.79 Å². The molecule has 21 heavy (non-hydrogen) atoms. The summed E-state index contributed by atoms with van der Waals surface area (Å²) in [5.41, 5.74) is 6.57. The number of halogens is 1. The Hall–Kier alpha value is -1.07. The van der Waals surface area contributed by atoms with Crippen molar-refractivity contribution in [2.45, 2.75) is 63.6 Å². The highest BCUT2D eigenvalue weighted by Crippen LogP contribution is 2.30. The maximum Gasteiger partial charge on any atom is 0.291 e. The second kappa shape index (κ2) is 6.36. The van der Waals surface area contributed by atoms with Crippen molar-refractivity contribution in [2.24, 2.45) is 11.7 Å². The number of nitrogens with one attached hydrogen (secondary N) is 1. The topological polar surface area (TPSA) is 72.9 Å². The van der Waals surface area contributed by atoms with Crippen LogP contribution in [0.25, 0.3) is 0 Å². The summed E-state index contributed by atoms with van der Waals surface area (Å²) in [5, 5.41) is 7.85. The second-order valence-electron chi connectivity index (χ2n) is 6.35. The summed E-state index contributed by atoms with van der Waals surface area (Å²) >= 11 is 6.18. The van der Waals surface area contributed by atoms with Crippen LogP contribution >= 0.6 is 11.6 Å². The third-order valence-electron chi connectivity index (χ3n) is 4.52. The predicted molar refractivity (Wildman–Crippen MR) is 84.7 cm³/mol. The van der Waals surface area contributed by atoms with Gasteiger partial charge in [-0.25, -0.2) is 4.68 Å². The highest BCUT2D eigenvalue weighted by Gasteiger charge is 2.25. The minimum Gasteiger partial charge on any atom is -0.375 e. The van der Waals surface area contributed by atoms with E-state index in [1.54, 1.807) is 6.20 Å². The molecule has 1 aromatic rings. The summed E-state index contributed by atoms with van der Waals surface area (Å²) in [7, 11) is 0. The molecular weight excluding hydrogens is 288 g/mol. The van der Waals surface area contributed by atoms with Crippen LogP contribution in [0.4, 0.5) is 5.69 Å². The van der Waals surface area contributed by atoms with Crippen LogP contribution < -0.4 is 16.6 Å². The van der Waals surface area contributed by atoms with Crippen molar-refractivity contribution in [3.63, 3.8) is 0 Å². The fourth-order valence-corrected chi connectivity index (χ4v) is 3.15. The monoisotopic (exact) mass is 310 g/mol. The van der Waals surface area contributed by atoms with Crippen molar-refractivity contribution in [3.05, 3.63) is 21.6 Å². The molecule has 1 aromatic heterocycles. The molecule has 2 saturated carbocycles. The molecule has 2 unspecified atom stereocenters. The number of anilines is 1. The van der Waals surface area contributed by atoms with Gasteiger partial charge in [0.1, 0.15) is 5.69 Å². The maximum atomic E-state index is 12.5. The molecule has 2 aliphatic carbocycles. The minimum atomic E-state index is -0.120. The summed E-state index contributed by atoms with van der Waals surface area (Å²) < 4.78 is 1.54. The zero-order valence-corrected chi connectivity index (χ0v) is 13.0. The van der Waals surface area contributed by atoms with Crippen LogP contribution in [-0.2, 0) is 6.54 Å². The van der Waals surface area contributed by atoms with E-state index < -0.39 is 0 Å². The molecular formula is C15H23ClN4O. The zero-order valence-electron chi connectivity index (χ0n) is 12.2. The van der Waals surface area contributed by atoms with Crippen molar-refractivity contribution in [2.75, 3.05) is 5.32 Å². The molecule has 0 aromatic carbocycles. The van der Waals surface area contributed by atoms with Crippen LogP contribution in [0.5, 0.6) is 0 Å². The van der Waals surface area contributed by atoms with Crippen LogP contribution in [0, 0.1) is 5.92 Å². The number of aromatic nitrogens is 2. The first kappa shape index (κ1) is 14.9. The molecule has 0 radical (unpaired) electrons. The van der Waals surface area contributed by atoms with Gasteiger partial charge in [0.2, 0.25) is 0 Å². The van der Waals surface area contributed by atoms with E-state index in [0.29, 0.717) is 23.2 Å². The lowest BCUT2D eigenvalue weighted by Crippen LogP contribution is -2.41. The largest absolute Gasteiger partial charge is 0.375 e. The molecule has 6 heteroatoms. The highest BCUT2D eigenvalue weighted by atomic mass is 35.5. The molecule has 0 aliphatic heterocycles. The fourth-order valence-electron chi connectivity index (χ4n) is 2.98. The lowest BCUT2D eigenvalue weighted by molar-refractivity contribution is 0.517. The Labute approximate surface area is 129 Å². The van der Waals surface area contributed by atoms with Crippen molar-refractivity contribution >= 4 is 17.3 Å². The molecule has 116 valence electrons. The van der Waals surface area contributed by atoms with E-state index in [0.717, 1.165) is 25.7 Å². The molecule has 2 aliphatic rings. The van der Waals surface area contributed by atoms with Crippen LogP contribution in [-0.4, -0.2) is 21.9 Å². The van der Waals surface area contributed by atoms with Gasteiger partial charge in [0.05, 0.1) is 11.2 Å². The van der Waals surface area contributed by atoms with Gasteiger partial charge in [0.25, 0.3) is 5.56 Å². The van der Waals surface area contributed by atoms with Crippen molar-refractivity contribution in [1.82, 2.24) is 9.78 Å². The quantitative estimate of drug-likeness (QED) is 0.837. The summed E-state index contributed by atoms with van der Waals surface area (Å²) in [5.74, 6) is 0.601. The molecule has 0 bridgehead atoms. The highest BCUT2D eigenvalue weighted by molar-refractivity contribution is 6.33. The van der Waals surface area contributed by atoms with E-state index in [9.17, 15) is 4.79 Å². The molecule has 2 atom stereocenters. The Morgan fingerprint density at radius 3 is 2.81 bits per heavy atom. The molecule has 1 heterocycles. The van der Waals surface area contributed by atoms with Gasteiger partial charge in [0, 0.05) is 18.6 Å². The van der Waals surface area contributed by atoms with Gasteiger partial charge in [-0.15, -0.1) is 0 Å². The first-order valence-corrected chi connectivity index (χ1v) is 8.30. The molecule has 3 rings (SSSR count). The Morgan fingerprint density at radius 2 is 2.05 bits per heavy atom. The third-order valence-corrected chi connectivity index (χ3v) is 4.81. The molecule has 2 fully saturated rings. The van der Waals surface area contributed by atoms with Gasteiger partial charge in [-0.1, -0.05) is 30.9 Å². The van der Waals surface area contributed by atoms with Crippen LogP contribution in [0.1, 0.15) is 44.9 Å². The first-order chi connectivity index (χ1) is 10.1. The Balaban J connectivity index is 1.81. The van der Waals surface area contributed by atoms with Gasteiger partial charge < -0.3 is 11.1 Å². The first-order valence-electron chi connectivity index (χ1n) is 7.93. The average molecular weight is 311 g/mol. The number of nitrogens with two attached hydrogens (primary N) is 1. The molecule has 0 amide bonds. The standard InChI is InChI=1S/C15H23ClN4O/c16-11-8-18-20(9-10-6-7-10)15(21)14(11)19-13-5-3-1-2-4-12(13)17/h8,10,12-13,19H,1-7,9,17H2.